The van der Waals surface area contributed by atoms with E-state index in [1.807, 2.05) is 31.3 Å². The van der Waals surface area contributed by atoms with E-state index in [4.69, 9.17) is 0 Å². The second-order valence-corrected chi connectivity index (χ2v) is 8.01. The molecule has 2 amide bonds. The SMILES string of the molecule is CNc1ccc2c(Sc3cccc(NC(=O)Nc4cccc(C(F)(F)F)c4)c3)ncnc2c1. The Bertz CT molecular complexity index is 1310. The summed E-state index contributed by atoms with van der Waals surface area (Å²) in [5, 5.41) is 9.79. The van der Waals surface area contributed by atoms with Crippen LogP contribution >= 0.6 is 11.8 Å². The van der Waals surface area contributed by atoms with Crippen molar-refractivity contribution < 1.29 is 18.0 Å². The zero-order valence-electron chi connectivity index (χ0n) is 17.3. The molecule has 1 heterocycles. The third kappa shape index (κ3) is 5.53. The number of alkyl halides is 3. The van der Waals surface area contributed by atoms with E-state index >= 15 is 0 Å². The second-order valence-electron chi connectivity index (χ2n) is 6.95. The van der Waals surface area contributed by atoms with Crippen LogP contribution in [0, 0.1) is 0 Å². The van der Waals surface area contributed by atoms with Gasteiger partial charge in [0.1, 0.15) is 11.4 Å². The molecule has 0 spiro atoms. The minimum absolute atomic E-state index is 0.0428. The zero-order chi connectivity index (χ0) is 23.4. The molecular formula is C23H18F3N5OS. The largest absolute Gasteiger partial charge is 0.416 e. The molecule has 10 heteroatoms. The Labute approximate surface area is 191 Å². The molecule has 0 saturated carbocycles. The molecular weight excluding hydrogens is 451 g/mol. The van der Waals surface area contributed by atoms with E-state index in [0.29, 0.717) is 5.69 Å². The summed E-state index contributed by atoms with van der Waals surface area (Å²) in [4.78, 5) is 21.8. The van der Waals surface area contributed by atoms with Gasteiger partial charge in [-0.25, -0.2) is 14.8 Å². The highest BCUT2D eigenvalue weighted by molar-refractivity contribution is 7.99. The lowest BCUT2D eigenvalue weighted by molar-refractivity contribution is -0.137. The number of hydrogen-bond acceptors (Lipinski definition) is 5. The van der Waals surface area contributed by atoms with Crippen LogP contribution in [0.4, 0.5) is 35.0 Å². The minimum Gasteiger partial charge on any atom is -0.388 e. The summed E-state index contributed by atoms with van der Waals surface area (Å²) >= 11 is 1.41. The molecule has 0 aliphatic rings. The predicted octanol–water partition coefficient (Wildman–Crippen LogP) is 6.49. The molecule has 0 bridgehead atoms. The summed E-state index contributed by atoms with van der Waals surface area (Å²) in [6.45, 7) is 0. The summed E-state index contributed by atoms with van der Waals surface area (Å²) < 4.78 is 38.6. The number of fused-ring (bicyclic) bond motifs is 1. The predicted molar refractivity (Wildman–Crippen MR) is 124 cm³/mol. The van der Waals surface area contributed by atoms with Crippen molar-refractivity contribution in [2.75, 3.05) is 23.0 Å². The number of amides is 2. The van der Waals surface area contributed by atoms with E-state index < -0.39 is 17.8 Å². The molecule has 3 N–H and O–H groups in total. The van der Waals surface area contributed by atoms with Gasteiger partial charge in [0.25, 0.3) is 0 Å². The fourth-order valence-electron chi connectivity index (χ4n) is 3.08. The number of nitrogens with zero attached hydrogens (tertiary/aromatic N) is 2. The lowest BCUT2D eigenvalue weighted by Crippen LogP contribution is -2.19. The number of benzene rings is 3. The maximum Gasteiger partial charge on any atom is 0.416 e. The quantitative estimate of drug-likeness (QED) is 0.291. The normalized spacial score (nSPS) is 11.3. The van der Waals surface area contributed by atoms with E-state index in [1.165, 1.54) is 30.2 Å². The fourth-order valence-corrected chi connectivity index (χ4v) is 4.02. The van der Waals surface area contributed by atoms with Gasteiger partial charge in [-0.1, -0.05) is 23.9 Å². The highest BCUT2D eigenvalue weighted by Gasteiger charge is 2.30. The standard InChI is InChI=1S/C23H18F3N5OS/c1-27-15-8-9-19-20(12-15)28-13-29-21(19)33-18-7-3-6-17(11-18)31-22(32)30-16-5-2-4-14(10-16)23(24,25)26/h2-13,27H,1H3,(H2,30,31,32). The number of anilines is 3. The smallest absolute Gasteiger partial charge is 0.388 e. The maximum absolute atomic E-state index is 12.9. The Balaban J connectivity index is 1.48. The van der Waals surface area contributed by atoms with Gasteiger partial charge in [-0.05, 0) is 54.6 Å². The lowest BCUT2D eigenvalue weighted by Gasteiger charge is -2.11. The average Bonchev–Trinajstić information content (AvgIpc) is 2.78. The van der Waals surface area contributed by atoms with Gasteiger partial charge in [0.15, 0.2) is 0 Å². The van der Waals surface area contributed by atoms with Gasteiger partial charge < -0.3 is 16.0 Å². The van der Waals surface area contributed by atoms with Gasteiger partial charge in [0.05, 0.1) is 11.1 Å². The summed E-state index contributed by atoms with van der Waals surface area (Å²) in [5.41, 5.74) is 1.43. The lowest BCUT2D eigenvalue weighted by atomic mass is 10.2. The summed E-state index contributed by atoms with van der Waals surface area (Å²) in [7, 11) is 1.83. The first-order valence-electron chi connectivity index (χ1n) is 9.77. The third-order valence-electron chi connectivity index (χ3n) is 4.64. The number of aromatic nitrogens is 2. The summed E-state index contributed by atoms with van der Waals surface area (Å²) in [5.74, 6) is 0. The van der Waals surface area contributed by atoms with Crippen LogP contribution in [0.15, 0.2) is 83.0 Å². The van der Waals surface area contributed by atoms with Gasteiger partial charge in [0, 0.05) is 34.4 Å². The summed E-state index contributed by atoms with van der Waals surface area (Å²) in [6.07, 6.45) is -2.99. The van der Waals surface area contributed by atoms with Gasteiger partial charge >= 0.3 is 12.2 Å². The molecule has 33 heavy (non-hydrogen) atoms. The Morgan fingerprint density at radius 1 is 0.879 bits per heavy atom. The number of carbonyl (C=O) groups excluding carboxylic acids is 1. The number of halogens is 3. The van der Waals surface area contributed by atoms with Crippen LogP contribution in [0.25, 0.3) is 10.9 Å². The molecule has 168 valence electrons. The van der Waals surface area contributed by atoms with E-state index in [0.717, 1.165) is 38.6 Å². The topological polar surface area (TPSA) is 78.9 Å². The Morgan fingerprint density at radius 3 is 2.33 bits per heavy atom. The number of hydrogen-bond donors (Lipinski definition) is 3. The molecule has 0 fully saturated rings. The van der Waals surface area contributed by atoms with Crippen molar-refractivity contribution in [3.05, 3.63) is 78.6 Å². The first-order chi connectivity index (χ1) is 15.8. The minimum atomic E-state index is -4.49. The van der Waals surface area contributed by atoms with E-state index in [2.05, 4.69) is 25.9 Å². The van der Waals surface area contributed by atoms with Gasteiger partial charge in [-0.3, -0.25) is 0 Å². The fraction of sp³-hybridized carbons (Fsp3) is 0.0870. The van der Waals surface area contributed by atoms with Gasteiger partial charge in [-0.2, -0.15) is 13.2 Å². The molecule has 0 radical (unpaired) electrons. The van der Waals surface area contributed by atoms with Gasteiger partial charge in [-0.15, -0.1) is 0 Å². The molecule has 0 aliphatic carbocycles. The van der Waals surface area contributed by atoms with Crippen LogP contribution in [-0.2, 0) is 6.18 Å². The van der Waals surface area contributed by atoms with Crippen LogP contribution in [0.2, 0.25) is 0 Å². The average molecular weight is 469 g/mol. The van der Waals surface area contributed by atoms with Crippen LogP contribution in [0.3, 0.4) is 0 Å². The van der Waals surface area contributed by atoms with Crippen LogP contribution in [-0.4, -0.2) is 23.0 Å². The molecule has 0 aliphatic heterocycles. The second kappa shape index (κ2) is 9.37. The van der Waals surface area contributed by atoms with Crippen LogP contribution in [0.5, 0.6) is 0 Å². The van der Waals surface area contributed by atoms with Crippen molar-refractivity contribution in [3.8, 4) is 0 Å². The molecule has 1 aromatic heterocycles. The molecule has 4 aromatic rings. The van der Waals surface area contributed by atoms with E-state index in [1.54, 1.807) is 18.2 Å². The Kier molecular flexibility index (Phi) is 6.36. The maximum atomic E-state index is 12.9. The summed E-state index contributed by atoms with van der Waals surface area (Å²) in [6, 6.07) is 16.7. The highest BCUT2D eigenvalue weighted by atomic mass is 32.2. The number of rotatable bonds is 5. The highest BCUT2D eigenvalue weighted by Crippen LogP contribution is 2.33. The monoisotopic (exact) mass is 469 g/mol. The molecule has 3 aromatic carbocycles. The first-order valence-corrected chi connectivity index (χ1v) is 10.6. The molecule has 0 atom stereocenters. The number of urea groups is 1. The van der Waals surface area contributed by atoms with Crippen molar-refractivity contribution in [1.29, 1.82) is 0 Å². The zero-order valence-corrected chi connectivity index (χ0v) is 18.1. The van der Waals surface area contributed by atoms with E-state index in [-0.39, 0.29) is 5.69 Å². The number of carbonyl (C=O) groups is 1. The van der Waals surface area contributed by atoms with Gasteiger partial charge in [0.2, 0.25) is 0 Å². The van der Waals surface area contributed by atoms with E-state index in [9.17, 15) is 18.0 Å². The Morgan fingerprint density at radius 2 is 1.61 bits per heavy atom. The van der Waals surface area contributed by atoms with Crippen molar-refractivity contribution >= 4 is 45.8 Å². The molecule has 4 rings (SSSR count). The molecule has 0 saturated heterocycles. The van der Waals surface area contributed by atoms with Crippen LogP contribution < -0.4 is 16.0 Å². The van der Waals surface area contributed by atoms with Crippen molar-refractivity contribution in [2.24, 2.45) is 0 Å². The van der Waals surface area contributed by atoms with Crippen LogP contribution in [0.1, 0.15) is 5.56 Å². The van der Waals surface area contributed by atoms with Crippen molar-refractivity contribution in [1.82, 2.24) is 9.97 Å². The molecule has 0 unspecified atom stereocenters. The molecule has 6 nitrogen and oxygen atoms in total. The van der Waals surface area contributed by atoms with Crippen molar-refractivity contribution in [3.63, 3.8) is 0 Å². The van der Waals surface area contributed by atoms with Crippen molar-refractivity contribution in [2.45, 2.75) is 16.1 Å². The Hall–Kier alpha value is -3.79. The number of nitrogens with one attached hydrogen (secondary N) is 3. The first kappa shape index (κ1) is 22.4. The third-order valence-corrected chi connectivity index (χ3v) is 5.65.